The Morgan fingerprint density at radius 1 is 0.810 bits per heavy atom. The minimum Gasteiger partial charge on any atom is -0.481 e. The summed E-state index contributed by atoms with van der Waals surface area (Å²) in [5.41, 5.74) is 0. The van der Waals surface area contributed by atoms with Crippen LogP contribution in [0.4, 0.5) is 0 Å². The van der Waals surface area contributed by atoms with Crippen LogP contribution >= 0.6 is 7.82 Å². The summed E-state index contributed by atoms with van der Waals surface area (Å²) >= 11 is 0. The van der Waals surface area contributed by atoms with Crippen LogP contribution in [0.2, 0.25) is 0 Å². The van der Waals surface area contributed by atoms with Crippen molar-refractivity contribution < 1.29 is 58.2 Å². The Kier molecular flexibility index (Phi) is 9.79. The summed E-state index contributed by atoms with van der Waals surface area (Å²) in [5, 5.41) is 23.8. The molecule has 0 heterocycles. The molecule has 12 nitrogen and oxygen atoms in total. The molecule has 21 heavy (non-hydrogen) atoms. The van der Waals surface area contributed by atoms with Crippen LogP contribution in [0.25, 0.3) is 0 Å². The molecule has 5 N–H and O–H groups in total. The second-order valence-electron chi connectivity index (χ2n) is 3.11. The molecule has 0 aliphatic rings. The summed E-state index contributed by atoms with van der Waals surface area (Å²) in [7, 11) is -4.74. The Morgan fingerprint density at radius 2 is 1.24 bits per heavy atom. The average Bonchev–Trinajstić information content (AvgIpc) is 2.32. The second-order valence-corrected chi connectivity index (χ2v) is 4.35. The summed E-state index contributed by atoms with van der Waals surface area (Å²) in [6.45, 7) is -1.13. The minimum absolute atomic E-state index is 0.425. The van der Waals surface area contributed by atoms with E-state index in [1.54, 1.807) is 0 Å². The predicted octanol–water partition coefficient (Wildman–Crippen LogP) is -1.75. The van der Waals surface area contributed by atoms with Gasteiger partial charge in [0.05, 0.1) is 6.42 Å². The smallest absolute Gasteiger partial charge is 0.470 e. The summed E-state index contributed by atoms with van der Waals surface area (Å²) in [6, 6.07) is 0. The molecule has 0 bridgehead atoms. The lowest BCUT2D eigenvalue weighted by Crippen LogP contribution is -2.17. The van der Waals surface area contributed by atoms with Crippen LogP contribution in [0.5, 0.6) is 0 Å². The molecule has 0 atom stereocenters. The molecule has 0 aliphatic carbocycles. The molecule has 0 aromatic carbocycles. The zero-order valence-corrected chi connectivity index (χ0v) is 11.1. The van der Waals surface area contributed by atoms with Gasteiger partial charge in [-0.1, -0.05) is 0 Å². The van der Waals surface area contributed by atoms with E-state index in [-0.39, 0.29) is 0 Å². The predicted molar refractivity (Wildman–Crippen MR) is 60.2 cm³/mol. The van der Waals surface area contributed by atoms with Gasteiger partial charge in [0.25, 0.3) is 5.78 Å². The molecule has 120 valence electrons. The van der Waals surface area contributed by atoms with Gasteiger partial charge in [-0.25, -0.2) is 14.2 Å². The summed E-state index contributed by atoms with van der Waals surface area (Å²) in [6.07, 6.45) is -0.865. The maximum atomic E-state index is 10.2. The van der Waals surface area contributed by atoms with Gasteiger partial charge in [0.2, 0.25) is 5.78 Å². The van der Waals surface area contributed by atoms with Crippen molar-refractivity contribution >= 4 is 37.3 Å². The molecule has 0 saturated carbocycles. The van der Waals surface area contributed by atoms with Crippen molar-refractivity contribution in [3.05, 3.63) is 0 Å². The van der Waals surface area contributed by atoms with Gasteiger partial charge < -0.3 is 25.1 Å². The van der Waals surface area contributed by atoms with Gasteiger partial charge in [-0.2, -0.15) is 0 Å². The Bertz CT molecular complexity index is 474. The van der Waals surface area contributed by atoms with E-state index in [2.05, 4.69) is 4.52 Å². The number of hydrogen-bond acceptors (Lipinski definition) is 7. The second kappa shape index (κ2) is 9.72. The van der Waals surface area contributed by atoms with Crippen LogP contribution in [-0.4, -0.2) is 61.2 Å². The van der Waals surface area contributed by atoms with Crippen molar-refractivity contribution in [3.8, 4) is 0 Å². The third kappa shape index (κ3) is 15.8. The van der Waals surface area contributed by atoms with Crippen LogP contribution in [0.1, 0.15) is 12.8 Å². The Balaban J connectivity index is 0. The van der Waals surface area contributed by atoms with Gasteiger partial charge in [0.15, 0.2) is 0 Å². The van der Waals surface area contributed by atoms with Gasteiger partial charge in [-0.05, 0) is 0 Å². The fraction of sp³-hybridized carbons (Fsp3) is 0.375. The van der Waals surface area contributed by atoms with E-state index in [0.717, 1.165) is 0 Å². The lowest BCUT2D eigenvalue weighted by atomic mass is 10.2. The van der Waals surface area contributed by atoms with Gasteiger partial charge in [-0.3, -0.25) is 18.9 Å². The fourth-order valence-corrected chi connectivity index (χ4v) is 0.817. The van der Waals surface area contributed by atoms with Crippen LogP contribution in [-0.2, 0) is 33.1 Å². The van der Waals surface area contributed by atoms with Crippen molar-refractivity contribution in [1.29, 1.82) is 0 Å². The Labute approximate surface area is 116 Å². The van der Waals surface area contributed by atoms with Crippen LogP contribution in [0.15, 0.2) is 0 Å². The lowest BCUT2D eigenvalue weighted by molar-refractivity contribution is -0.150. The number of carboxylic acids is 3. The standard InChI is InChI=1S/C5H6O5.C3H5O7P/c6-3(5(9)10)1-2-4(7)8;4-2(3(5)6)1-10-11(7,8)9/h1-2H2,(H,7,8)(H,9,10);1H2,(H,5,6)(H2,7,8,9). The first-order chi connectivity index (χ1) is 9.36. The SMILES string of the molecule is O=C(O)C(=O)COP(=O)(O)O.O=C(O)CCC(=O)C(=O)O. The van der Waals surface area contributed by atoms with Crippen LogP contribution in [0, 0.1) is 0 Å². The fourth-order valence-electron chi connectivity index (χ4n) is 0.532. The first-order valence-corrected chi connectivity index (χ1v) is 6.34. The van der Waals surface area contributed by atoms with E-state index >= 15 is 0 Å². The van der Waals surface area contributed by atoms with E-state index in [9.17, 15) is 28.5 Å². The van der Waals surface area contributed by atoms with Gasteiger partial charge in [0, 0.05) is 6.42 Å². The van der Waals surface area contributed by atoms with Crippen molar-refractivity contribution in [3.63, 3.8) is 0 Å². The van der Waals surface area contributed by atoms with E-state index in [4.69, 9.17) is 25.1 Å². The zero-order valence-electron chi connectivity index (χ0n) is 10.2. The number of Topliss-reactive ketones (excluding diaryl/α,β-unsaturated/α-hetero) is 2. The molecule has 0 amide bonds. The molecule has 0 unspecified atom stereocenters. The monoisotopic (exact) mass is 330 g/mol. The normalized spacial score (nSPS) is 10.0. The topological polar surface area (TPSA) is 213 Å². The van der Waals surface area contributed by atoms with Crippen LogP contribution in [0.3, 0.4) is 0 Å². The van der Waals surface area contributed by atoms with Crippen LogP contribution < -0.4 is 0 Å². The molecule has 0 spiro atoms. The number of carboxylic acid groups (broad SMARTS) is 3. The highest BCUT2D eigenvalue weighted by Gasteiger charge is 2.19. The molecule has 0 fully saturated rings. The van der Waals surface area contributed by atoms with E-state index in [0.29, 0.717) is 0 Å². The number of ketones is 2. The van der Waals surface area contributed by atoms with Crippen molar-refractivity contribution in [2.24, 2.45) is 0 Å². The number of carbonyl (C=O) groups is 5. The molecule has 0 radical (unpaired) electrons. The first kappa shape index (κ1) is 21.2. The van der Waals surface area contributed by atoms with E-state index in [1.165, 1.54) is 0 Å². The van der Waals surface area contributed by atoms with Gasteiger partial charge >= 0.3 is 25.7 Å². The highest BCUT2D eigenvalue weighted by Crippen LogP contribution is 2.35. The number of phosphoric acid groups is 1. The summed E-state index contributed by atoms with van der Waals surface area (Å²) < 4.78 is 13.5. The maximum absolute atomic E-state index is 10.2. The highest BCUT2D eigenvalue weighted by atomic mass is 31.2. The third-order valence-electron chi connectivity index (χ3n) is 1.41. The molecule has 0 aliphatic heterocycles. The largest absolute Gasteiger partial charge is 0.481 e. The minimum atomic E-state index is -4.74. The third-order valence-corrected chi connectivity index (χ3v) is 1.87. The number of phosphoric ester groups is 1. The van der Waals surface area contributed by atoms with Crippen molar-refractivity contribution in [2.45, 2.75) is 12.8 Å². The van der Waals surface area contributed by atoms with E-state index in [1.807, 2.05) is 0 Å². The first-order valence-electron chi connectivity index (χ1n) is 4.81. The number of carbonyl (C=O) groups excluding carboxylic acids is 2. The molecule has 0 rings (SSSR count). The van der Waals surface area contributed by atoms with Gasteiger partial charge in [-0.15, -0.1) is 0 Å². The van der Waals surface area contributed by atoms with E-state index < -0.39 is 56.7 Å². The molecular weight excluding hydrogens is 319 g/mol. The Morgan fingerprint density at radius 3 is 1.52 bits per heavy atom. The lowest BCUT2D eigenvalue weighted by Gasteiger charge is -2.00. The molecule has 0 saturated heterocycles. The number of aliphatic carboxylic acids is 3. The average molecular weight is 330 g/mol. The molecule has 13 heteroatoms. The highest BCUT2D eigenvalue weighted by molar-refractivity contribution is 7.46. The maximum Gasteiger partial charge on any atom is 0.470 e. The van der Waals surface area contributed by atoms with Crippen molar-refractivity contribution in [1.82, 2.24) is 0 Å². The molecule has 0 aromatic rings. The Hall–Kier alpha value is -2.14. The van der Waals surface area contributed by atoms with Gasteiger partial charge in [0.1, 0.15) is 6.61 Å². The van der Waals surface area contributed by atoms with Crippen molar-refractivity contribution in [2.75, 3.05) is 6.61 Å². The number of hydrogen-bond donors (Lipinski definition) is 5. The summed E-state index contributed by atoms with van der Waals surface area (Å²) in [4.78, 5) is 65.6. The molecule has 0 aromatic heterocycles. The summed E-state index contributed by atoms with van der Waals surface area (Å²) in [5.74, 6) is -7.02. The zero-order chi connectivity index (χ0) is 17.2. The quantitative estimate of drug-likeness (QED) is 0.247. The number of rotatable bonds is 8. The molecular formula is C8H11O12P.